The number of benzene rings is 2. The number of hydrogen-bond donors (Lipinski definition) is 1. The summed E-state index contributed by atoms with van der Waals surface area (Å²) in [5.41, 5.74) is 2.63. The summed E-state index contributed by atoms with van der Waals surface area (Å²) >= 11 is 1.43. The molecule has 0 radical (unpaired) electrons. The second-order valence-electron chi connectivity index (χ2n) is 5.37. The maximum atomic E-state index is 13.7. The molecule has 0 saturated carbocycles. The maximum absolute atomic E-state index is 13.7. The molecule has 0 spiro atoms. The third-order valence-corrected chi connectivity index (χ3v) is 5.56. The van der Waals surface area contributed by atoms with Crippen LogP contribution in [0.5, 0.6) is 0 Å². The minimum Gasteiger partial charge on any atom is -0.225 e. The molecule has 1 heterocycles. The van der Waals surface area contributed by atoms with Gasteiger partial charge in [-0.2, -0.15) is 0 Å². The topological polar surface area (TPSA) is 60.2 Å². The largest absolute Gasteiger partial charge is 0.238 e. The Morgan fingerprint density at radius 1 is 0.958 bits per heavy atom. The van der Waals surface area contributed by atoms with Crippen molar-refractivity contribution in [2.45, 2.75) is 11.8 Å². The van der Waals surface area contributed by atoms with Crippen LogP contribution in [0.15, 0.2) is 52.7 Å². The SMILES string of the molecule is Cc1csc(-c2cc(F)c(F)cc2-c2ccc(S(N)(=O)=O)cc2)c1. The van der Waals surface area contributed by atoms with Gasteiger partial charge in [0.05, 0.1) is 4.90 Å². The summed E-state index contributed by atoms with van der Waals surface area (Å²) in [6.45, 7) is 1.92. The molecule has 124 valence electrons. The van der Waals surface area contributed by atoms with E-state index in [0.29, 0.717) is 16.7 Å². The lowest BCUT2D eigenvalue weighted by Gasteiger charge is -2.10. The molecular weight excluding hydrogens is 352 g/mol. The minimum atomic E-state index is -3.81. The lowest BCUT2D eigenvalue weighted by atomic mass is 9.98. The number of primary sulfonamides is 1. The molecule has 0 aliphatic heterocycles. The van der Waals surface area contributed by atoms with Crippen LogP contribution in [-0.4, -0.2) is 8.42 Å². The molecule has 2 N–H and O–H groups in total. The highest BCUT2D eigenvalue weighted by atomic mass is 32.2. The highest BCUT2D eigenvalue weighted by Crippen LogP contribution is 2.37. The van der Waals surface area contributed by atoms with Gasteiger partial charge in [-0.15, -0.1) is 11.3 Å². The molecule has 3 aromatic rings. The van der Waals surface area contributed by atoms with Crippen molar-refractivity contribution in [1.82, 2.24) is 0 Å². The van der Waals surface area contributed by atoms with E-state index in [0.717, 1.165) is 22.6 Å². The van der Waals surface area contributed by atoms with Gasteiger partial charge in [-0.3, -0.25) is 0 Å². The number of thiophene rings is 1. The lowest BCUT2D eigenvalue weighted by molar-refractivity contribution is 0.509. The quantitative estimate of drug-likeness (QED) is 0.752. The molecule has 0 bridgehead atoms. The zero-order valence-electron chi connectivity index (χ0n) is 12.6. The molecule has 2 aromatic carbocycles. The molecule has 0 fully saturated rings. The molecule has 0 amide bonds. The monoisotopic (exact) mass is 365 g/mol. The Hall–Kier alpha value is -2.09. The fourth-order valence-electron chi connectivity index (χ4n) is 2.39. The highest BCUT2D eigenvalue weighted by molar-refractivity contribution is 7.89. The summed E-state index contributed by atoms with van der Waals surface area (Å²) in [7, 11) is -3.81. The van der Waals surface area contributed by atoms with Crippen LogP contribution in [0, 0.1) is 18.6 Å². The van der Waals surface area contributed by atoms with Crippen molar-refractivity contribution >= 4 is 21.4 Å². The lowest BCUT2D eigenvalue weighted by Crippen LogP contribution is -2.11. The van der Waals surface area contributed by atoms with Crippen molar-refractivity contribution in [2.75, 3.05) is 0 Å². The van der Waals surface area contributed by atoms with Gasteiger partial charge in [0.1, 0.15) is 0 Å². The van der Waals surface area contributed by atoms with Crippen LogP contribution in [-0.2, 0) is 10.0 Å². The van der Waals surface area contributed by atoms with Crippen molar-refractivity contribution in [3.8, 4) is 21.6 Å². The summed E-state index contributed by atoms with van der Waals surface area (Å²) < 4.78 is 50.1. The Morgan fingerprint density at radius 3 is 2.04 bits per heavy atom. The van der Waals surface area contributed by atoms with E-state index in [1.165, 1.54) is 35.6 Å². The smallest absolute Gasteiger partial charge is 0.225 e. The molecule has 0 saturated heterocycles. The van der Waals surface area contributed by atoms with E-state index in [4.69, 9.17) is 5.14 Å². The van der Waals surface area contributed by atoms with E-state index in [1.54, 1.807) is 0 Å². The second-order valence-corrected chi connectivity index (χ2v) is 7.84. The van der Waals surface area contributed by atoms with E-state index in [-0.39, 0.29) is 4.90 Å². The first-order chi connectivity index (χ1) is 11.3. The molecule has 7 heteroatoms. The Morgan fingerprint density at radius 2 is 1.54 bits per heavy atom. The van der Waals surface area contributed by atoms with Gasteiger partial charge in [0.15, 0.2) is 11.6 Å². The van der Waals surface area contributed by atoms with E-state index in [1.807, 2.05) is 18.4 Å². The molecule has 0 unspecified atom stereocenters. The standard InChI is InChI=1S/C17H13F2NO2S2/c1-10-6-17(23-9-10)14-8-16(19)15(18)7-13(14)11-2-4-12(5-3-11)24(20,21)22/h2-9H,1H3,(H2,20,21,22). The molecule has 3 nitrogen and oxygen atoms in total. The molecule has 24 heavy (non-hydrogen) atoms. The second kappa shape index (κ2) is 6.08. The van der Waals surface area contributed by atoms with Crippen LogP contribution in [0.2, 0.25) is 0 Å². The number of nitrogens with two attached hydrogens (primary N) is 1. The number of rotatable bonds is 3. The number of sulfonamides is 1. The highest BCUT2D eigenvalue weighted by Gasteiger charge is 2.15. The summed E-state index contributed by atoms with van der Waals surface area (Å²) in [6.07, 6.45) is 0. The van der Waals surface area contributed by atoms with Crippen LogP contribution in [0.1, 0.15) is 5.56 Å². The molecular formula is C17H13F2NO2S2. The van der Waals surface area contributed by atoms with Crippen LogP contribution in [0.4, 0.5) is 8.78 Å². The van der Waals surface area contributed by atoms with Gasteiger partial charge in [0.25, 0.3) is 0 Å². The van der Waals surface area contributed by atoms with Gasteiger partial charge < -0.3 is 0 Å². The van der Waals surface area contributed by atoms with E-state index in [9.17, 15) is 17.2 Å². The van der Waals surface area contributed by atoms with E-state index >= 15 is 0 Å². The van der Waals surface area contributed by atoms with Crippen LogP contribution in [0.25, 0.3) is 21.6 Å². The van der Waals surface area contributed by atoms with Crippen molar-refractivity contribution in [3.63, 3.8) is 0 Å². The molecule has 0 aliphatic rings. The van der Waals surface area contributed by atoms with Gasteiger partial charge >= 0.3 is 0 Å². The Balaban J connectivity index is 2.18. The Bertz CT molecular complexity index is 1010. The maximum Gasteiger partial charge on any atom is 0.238 e. The van der Waals surface area contributed by atoms with Gasteiger partial charge in [-0.1, -0.05) is 12.1 Å². The normalized spacial score (nSPS) is 11.7. The predicted octanol–water partition coefficient (Wildman–Crippen LogP) is 4.32. The van der Waals surface area contributed by atoms with Crippen molar-refractivity contribution in [2.24, 2.45) is 5.14 Å². The molecule has 0 atom stereocenters. The summed E-state index contributed by atoms with van der Waals surface area (Å²) in [6, 6.07) is 9.90. The number of halogens is 2. The van der Waals surface area contributed by atoms with E-state index in [2.05, 4.69) is 0 Å². The van der Waals surface area contributed by atoms with Gasteiger partial charge in [0, 0.05) is 10.4 Å². The van der Waals surface area contributed by atoms with Crippen LogP contribution in [0.3, 0.4) is 0 Å². The van der Waals surface area contributed by atoms with Crippen LogP contribution < -0.4 is 5.14 Å². The first kappa shape index (κ1) is 16.8. The van der Waals surface area contributed by atoms with E-state index < -0.39 is 21.7 Å². The molecule has 1 aromatic heterocycles. The third kappa shape index (κ3) is 3.24. The third-order valence-electron chi connectivity index (χ3n) is 3.55. The zero-order valence-corrected chi connectivity index (χ0v) is 14.2. The summed E-state index contributed by atoms with van der Waals surface area (Å²) in [4.78, 5) is 0.763. The first-order valence-corrected chi connectivity index (χ1v) is 9.36. The molecule has 0 aliphatic carbocycles. The summed E-state index contributed by atoms with van der Waals surface area (Å²) in [5.74, 6) is -1.89. The van der Waals surface area contributed by atoms with Gasteiger partial charge in [-0.05, 0) is 59.3 Å². The zero-order chi connectivity index (χ0) is 17.5. The molecule has 3 rings (SSSR count). The first-order valence-electron chi connectivity index (χ1n) is 6.93. The summed E-state index contributed by atoms with van der Waals surface area (Å²) in [5, 5.41) is 7.00. The number of aryl methyl sites for hydroxylation is 1. The fourth-order valence-corrected chi connectivity index (χ4v) is 3.83. The fraction of sp³-hybridized carbons (Fsp3) is 0.0588. The van der Waals surface area contributed by atoms with Crippen molar-refractivity contribution < 1.29 is 17.2 Å². The number of hydrogen-bond acceptors (Lipinski definition) is 3. The Labute approximate surface area is 142 Å². The predicted molar refractivity (Wildman–Crippen MR) is 91.2 cm³/mol. The Kier molecular flexibility index (Phi) is 4.25. The van der Waals surface area contributed by atoms with Gasteiger partial charge in [0.2, 0.25) is 10.0 Å². The van der Waals surface area contributed by atoms with Crippen molar-refractivity contribution in [1.29, 1.82) is 0 Å². The van der Waals surface area contributed by atoms with Gasteiger partial charge in [-0.25, -0.2) is 22.3 Å². The van der Waals surface area contributed by atoms with Crippen LogP contribution >= 0.6 is 11.3 Å². The van der Waals surface area contributed by atoms with Crippen molar-refractivity contribution in [3.05, 3.63) is 65.0 Å². The average Bonchev–Trinajstić information content (AvgIpc) is 2.95. The average molecular weight is 365 g/mol. The minimum absolute atomic E-state index is 0.0395.